The predicted molar refractivity (Wildman–Crippen MR) is 76.4 cm³/mol. The van der Waals surface area contributed by atoms with Gasteiger partial charge in [-0.05, 0) is 25.0 Å². The molecule has 106 valence electrons. The summed E-state index contributed by atoms with van der Waals surface area (Å²) in [5.41, 5.74) is 7.91. The molecule has 2 atom stereocenters. The van der Waals surface area contributed by atoms with Crippen molar-refractivity contribution >= 4 is 5.91 Å². The lowest BCUT2D eigenvalue weighted by Crippen LogP contribution is -2.38. The number of ether oxygens (including phenoxy) is 1. The largest absolute Gasteiger partial charge is 0.377 e. The van der Waals surface area contributed by atoms with E-state index >= 15 is 0 Å². The normalized spacial score (nSPS) is 13.9. The minimum atomic E-state index is -0.169. The molecule has 0 fully saturated rings. The second kappa shape index (κ2) is 7.92. The first kappa shape index (κ1) is 15.7. The number of carbonyl (C=O) groups is 1. The Balaban J connectivity index is 2.43. The zero-order valence-corrected chi connectivity index (χ0v) is 12.0. The van der Waals surface area contributed by atoms with Crippen molar-refractivity contribution in [3.05, 3.63) is 35.4 Å². The highest BCUT2D eigenvalue weighted by atomic mass is 16.5. The molecule has 4 heteroatoms. The monoisotopic (exact) mass is 264 g/mol. The van der Waals surface area contributed by atoms with Crippen molar-refractivity contribution in [3.63, 3.8) is 0 Å². The first-order valence-electron chi connectivity index (χ1n) is 6.73. The van der Waals surface area contributed by atoms with E-state index < -0.39 is 0 Å². The molecule has 0 bridgehead atoms. The Morgan fingerprint density at radius 3 is 2.37 bits per heavy atom. The number of hydrogen-bond acceptors (Lipinski definition) is 3. The van der Waals surface area contributed by atoms with E-state index in [1.54, 1.807) is 0 Å². The van der Waals surface area contributed by atoms with Crippen LogP contribution in [-0.2, 0) is 22.7 Å². The average Bonchev–Trinajstić information content (AvgIpc) is 2.42. The van der Waals surface area contributed by atoms with Crippen LogP contribution in [-0.4, -0.2) is 18.6 Å². The van der Waals surface area contributed by atoms with Crippen molar-refractivity contribution in [2.75, 3.05) is 6.61 Å². The summed E-state index contributed by atoms with van der Waals surface area (Å²) < 4.78 is 5.33. The van der Waals surface area contributed by atoms with E-state index in [2.05, 4.69) is 5.32 Å². The van der Waals surface area contributed by atoms with E-state index in [4.69, 9.17) is 10.5 Å². The van der Waals surface area contributed by atoms with Gasteiger partial charge in [0.1, 0.15) is 0 Å². The zero-order valence-electron chi connectivity index (χ0n) is 12.0. The van der Waals surface area contributed by atoms with Crippen LogP contribution in [0.5, 0.6) is 0 Å². The van der Waals surface area contributed by atoms with Gasteiger partial charge in [-0.15, -0.1) is 0 Å². The van der Waals surface area contributed by atoms with Gasteiger partial charge in [-0.2, -0.15) is 0 Å². The maximum Gasteiger partial charge on any atom is 0.224 e. The summed E-state index contributed by atoms with van der Waals surface area (Å²) in [5.74, 6) is -0.175. The number of hydrogen-bond donors (Lipinski definition) is 2. The second-order valence-electron chi connectivity index (χ2n) is 4.82. The van der Waals surface area contributed by atoms with Crippen LogP contribution in [0, 0.1) is 5.92 Å². The number of amides is 1. The van der Waals surface area contributed by atoms with E-state index in [0.29, 0.717) is 19.8 Å². The van der Waals surface area contributed by atoms with Gasteiger partial charge in [0.15, 0.2) is 0 Å². The molecule has 1 rings (SSSR count). The first-order valence-corrected chi connectivity index (χ1v) is 6.73. The Bertz CT molecular complexity index is 388. The molecule has 0 aromatic heterocycles. The number of benzene rings is 1. The maximum absolute atomic E-state index is 11.8. The van der Waals surface area contributed by atoms with E-state index in [1.165, 1.54) is 0 Å². The van der Waals surface area contributed by atoms with Crippen LogP contribution in [0.3, 0.4) is 0 Å². The van der Waals surface area contributed by atoms with Gasteiger partial charge in [0.25, 0.3) is 0 Å². The molecule has 1 aromatic carbocycles. The zero-order chi connectivity index (χ0) is 14.3. The molecule has 0 aliphatic rings. The molecular formula is C15H24N2O2. The molecule has 3 N–H and O–H groups in total. The minimum absolute atomic E-state index is 0.00612. The fourth-order valence-electron chi connectivity index (χ4n) is 1.56. The van der Waals surface area contributed by atoms with Gasteiger partial charge in [-0.25, -0.2) is 0 Å². The van der Waals surface area contributed by atoms with Crippen LogP contribution in [0.2, 0.25) is 0 Å². The van der Waals surface area contributed by atoms with Crippen molar-refractivity contribution in [3.8, 4) is 0 Å². The topological polar surface area (TPSA) is 64.3 Å². The molecule has 1 aromatic rings. The summed E-state index contributed by atoms with van der Waals surface area (Å²) >= 11 is 0. The van der Waals surface area contributed by atoms with Gasteiger partial charge in [0.05, 0.1) is 6.61 Å². The van der Waals surface area contributed by atoms with Gasteiger partial charge in [0.2, 0.25) is 5.91 Å². The maximum atomic E-state index is 11.8. The number of nitrogens with two attached hydrogens (primary N) is 1. The number of nitrogens with one attached hydrogen (secondary N) is 1. The third-order valence-corrected chi connectivity index (χ3v) is 3.16. The molecule has 0 spiro atoms. The standard InChI is InChI=1S/C15H24N2O2/c1-4-19-10-14-7-5-13(6-8-14)9-17-15(18)11(2)12(3)16/h5-8,11-12H,4,9-10,16H2,1-3H3,(H,17,18). The molecule has 0 aliphatic carbocycles. The summed E-state index contributed by atoms with van der Waals surface area (Å²) in [5, 5.41) is 2.89. The Labute approximate surface area is 115 Å². The Morgan fingerprint density at radius 1 is 1.26 bits per heavy atom. The summed E-state index contributed by atoms with van der Waals surface area (Å²) in [6.07, 6.45) is 0. The lowest BCUT2D eigenvalue weighted by molar-refractivity contribution is -0.125. The van der Waals surface area contributed by atoms with Crippen LogP contribution in [0.4, 0.5) is 0 Å². The number of rotatable bonds is 7. The molecule has 0 saturated carbocycles. The van der Waals surface area contributed by atoms with Crippen molar-refractivity contribution in [2.24, 2.45) is 11.7 Å². The first-order chi connectivity index (χ1) is 9.04. The molecule has 2 unspecified atom stereocenters. The summed E-state index contributed by atoms with van der Waals surface area (Å²) in [6, 6.07) is 7.92. The third-order valence-electron chi connectivity index (χ3n) is 3.16. The molecule has 0 saturated heterocycles. The van der Waals surface area contributed by atoms with Gasteiger partial charge >= 0.3 is 0 Å². The van der Waals surface area contributed by atoms with Crippen LogP contribution >= 0.6 is 0 Å². The summed E-state index contributed by atoms with van der Waals surface area (Å²) in [4.78, 5) is 11.8. The van der Waals surface area contributed by atoms with Crippen molar-refractivity contribution in [2.45, 2.75) is 40.0 Å². The van der Waals surface area contributed by atoms with Crippen molar-refractivity contribution in [1.82, 2.24) is 5.32 Å². The Hall–Kier alpha value is -1.39. The lowest BCUT2D eigenvalue weighted by Gasteiger charge is -2.15. The van der Waals surface area contributed by atoms with Crippen molar-refractivity contribution < 1.29 is 9.53 Å². The van der Waals surface area contributed by atoms with Gasteiger partial charge in [-0.3, -0.25) is 4.79 Å². The van der Waals surface area contributed by atoms with Crippen LogP contribution < -0.4 is 11.1 Å². The van der Waals surface area contributed by atoms with Crippen LogP contribution in [0.1, 0.15) is 31.9 Å². The van der Waals surface area contributed by atoms with Gasteiger partial charge in [-0.1, -0.05) is 31.2 Å². The van der Waals surface area contributed by atoms with Gasteiger partial charge < -0.3 is 15.8 Å². The highest BCUT2D eigenvalue weighted by Crippen LogP contribution is 2.06. The predicted octanol–water partition coefficient (Wildman–Crippen LogP) is 1.82. The molecule has 1 amide bonds. The highest BCUT2D eigenvalue weighted by Gasteiger charge is 2.16. The van der Waals surface area contributed by atoms with E-state index in [0.717, 1.165) is 11.1 Å². The molecule has 0 radical (unpaired) electrons. The molecule has 0 heterocycles. The number of carbonyl (C=O) groups excluding carboxylic acids is 1. The summed E-state index contributed by atoms with van der Waals surface area (Å²) in [7, 11) is 0. The quantitative estimate of drug-likeness (QED) is 0.789. The van der Waals surface area contributed by atoms with Crippen LogP contribution in [0.25, 0.3) is 0 Å². The fourth-order valence-corrected chi connectivity index (χ4v) is 1.56. The van der Waals surface area contributed by atoms with Crippen molar-refractivity contribution in [1.29, 1.82) is 0 Å². The second-order valence-corrected chi connectivity index (χ2v) is 4.82. The minimum Gasteiger partial charge on any atom is -0.377 e. The SMILES string of the molecule is CCOCc1ccc(CNC(=O)C(C)C(C)N)cc1. The highest BCUT2D eigenvalue weighted by molar-refractivity contribution is 5.78. The fraction of sp³-hybridized carbons (Fsp3) is 0.533. The molecule has 0 aliphatic heterocycles. The molecule has 19 heavy (non-hydrogen) atoms. The summed E-state index contributed by atoms with van der Waals surface area (Å²) in [6.45, 7) is 7.53. The Kier molecular flexibility index (Phi) is 6.53. The smallest absolute Gasteiger partial charge is 0.224 e. The van der Waals surface area contributed by atoms with Gasteiger partial charge in [0, 0.05) is 25.1 Å². The van der Waals surface area contributed by atoms with E-state index in [1.807, 2.05) is 45.0 Å². The molecule has 4 nitrogen and oxygen atoms in total. The molecular weight excluding hydrogens is 240 g/mol. The third kappa shape index (κ3) is 5.41. The lowest BCUT2D eigenvalue weighted by atomic mass is 10.0. The average molecular weight is 264 g/mol. The van der Waals surface area contributed by atoms with E-state index in [9.17, 15) is 4.79 Å². The van der Waals surface area contributed by atoms with Crippen LogP contribution in [0.15, 0.2) is 24.3 Å². The Morgan fingerprint density at radius 2 is 1.84 bits per heavy atom. The van der Waals surface area contributed by atoms with E-state index in [-0.39, 0.29) is 17.9 Å².